The minimum Gasteiger partial charge on any atom is -0.464 e. The summed E-state index contributed by atoms with van der Waals surface area (Å²) in [5.41, 5.74) is 0.596. The van der Waals surface area contributed by atoms with Crippen LogP contribution in [0.2, 0.25) is 0 Å². The Balaban J connectivity index is 2.37. The largest absolute Gasteiger partial charge is 0.464 e. The van der Waals surface area contributed by atoms with Gasteiger partial charge in [0.15, 0.2) is 5.71 Å². The van der Waals surface area contributed by atoms with Crippen molar-refractivity contribution < 1.29 is 37.5 Å². The number of rotatable bonds is 11. The summed E-state index contributed by atoms with van der Waals surface area (Å²) >= 11 is 0. The molecule has 2 aromatic rings. The second-order valence-corrected chi connectivity index (χ2v) is 11.0. The van der Waals surface area contributed by atoms with Gasteiger partial charge in [0.1, 0.15) is 25.2 Å². The smallest absolute Gasteiger partial charge is 0.360 e. The van der Waals surface area contributed by atoms with Gasteiger partial charge in [-0.05, 0) is 50.0 Å². The molecule has 0 heterocycles. The summed E-state index contributed by atoms with van der Waals surface area (Å²) in [7, 11) is 8.26. The van der Waals surface area contributed by atoms with Crippen molar-refractivity contribution in [3.8, 4) is 11.5 Å². The van der Waals surface area contributed by atoms with Crippen LogP contribution in [-0.2, 0) is 25.8 Å². The third-order valence-electron chi connectivity index (χ3n) is 4.56. The van der Waals surface area contributed by atoms with E-state index in [0.717, 1.165) is 5.56 Å². The van der Waals surface area contributed by atoms with E-state index in [1.165, 1.54) is 33.3 Å². The number of halogens is 2. The highest BCUT2D eigenvalue weighted by molar-refractivity contribution is 7.38. The summed E-state index contributed by atoms with van der Waals surface area (Å²) in [4.78, 5) is 22.6. The fraction of sp³-hybridized carbons (Fsp3) is 0.348. The van der Waals surface area contributed by atoms with Crippen LogP contribution >= 0.6 is 27.7 Å². The number of carbonyl (C=O) groups excluding carboxylic acids is 1. The van der Waals surface area contributed by atoms with Crippen LogP contribution in [0.5, 0.6) is 11.5 Å². The SMILES string of the molecule is CO/N=C(/C(=O)OC)c1cccc(C)c1CO/N=C(\C)c1ccc(OC(C)(F)P)cc1OC(F)(P)P. The maximum Gasteiger partial charge on any atom is 0.360 e. The number of carbonyl (C=O) groups is 1. The van der Waals surface area contributed by atoms with Gasteiger partial charge in [-0.1, -0.05) is 37.8 Å². The Morgan fingerprint density at radius 3 is 2.31 bits per heavy atom. The van der Waals surface area contributed by atoms with Crippen molar-refractivity contribution in [3.05, 3.63) is 58.7 Å². The van der Waals surface area contributed by atoms with Crippen molar-refractivity contribution in [3.63, 3.8) is 0 Å². The van der Waals surface area contributed by atoms with Crippen molar-refractivity contribution in [1.82, 2.24) is 0 Å². The lowest BCUT2D eigenvalue weighted by atomic mass is 9.99. The monoisotopic (exact) mass is 560 g/mol. The molecule has 196 valence electrons. The number of methoxy groups -OCH3 is 1. The summed E-state index contributed by atoms with van der Waals surface area (Å²) in [6.45, 7) is 4.66. The zero-order valence-electron chi connectivity index (χ0n) is 20.5. The molecule has 0 radical (unpaired) electrons. The molecular weight excluding hydrogens is 531 g/mol. The zero-order valence-corrected chi connectivity index (χ0v) is 24.0. The number of hydrogen-bond acceptors (Lipinski definition) is 8. The lowest BCUT2D eigenvalue weighted by molar-refractivity contribution is -0.132. The quantitative estimate of drug-likeness (QED) is 0.165. The molecule has 0 aromatic heterocycles. The molecule has 8 nitrogen and oxygen atoms in total. The lowest BCUT2D eigenvalue weighted by Crippen LogP contribution is -2.20. The molecule has 0 spiro atoms. The van der Waals surface area contributed by atoms with Gasteiger partial charge in [0.2, 0.25) is 0 Å². The van der Waals surface area contributed by atoms with E-state index in [2.05, 4.69) is 10.3 Å². The van der Waals surface area contributed by atoms with E-state index in [4.69, 9.17) is 23.9 Å². The van der Waals surface area contributed by atoms with Crippen LogP contribution in [0.1, 0.15) is 36.1 Å². The Morgan fingerprint density at radius 1 is 1.03 bits per heavy atom. The van der Waals surface area contributed by atoms with Crippen LogP contribution in [0.25, 0.3) is 0 Å². The van der Waals surface area contributed by atoms with Crippen molar-refractivity contribution in [2.45, 2.75) is 38.3 Å². The summed E-state index contributed by atoms with van der Waals surface area (Å²) in [5, 5.41) is 5.74. The molecule has 4 atom stereocenters. The fourth-order valence-electron chi connectivity index (χ4n) is 3.09. The molecule has 36 heavy (non-hydrogen) atoms. The minimum absolute atomic E-state index is 0.0238. The number of esters is 1. The van der Waals surface area contributed by atoms with Crippen LogP contribution in [0.3, 0.4) is 0 Å². The molecule has 0 aliphatic heterocycles. The predicted molar refractivity (Wildman–Crippen MR) is 144 cm³/mol. The molecule has 13 heteroatoms. The highest BCUT2D eigenvalue weighted by atomic mass is 31.1. The summed E-state index contributed by atoms with van der Waals surface area (Å²) in [6, 6.07) is 9.68. The van der Waals surface area contributed by atoms with E-state index in [1.54, 1.807) is 25.1 Å². The van der Waals surface area contributed by atoms with Crippen molar-refractivity contribution in [2.75, 3.05) is 14.2 Å². The predicted octanol–water partition coefficient (Wildman–Crippen LogP) is 5.07. The first-order valence-electron chi connectivity index (χ1n) is 10.5. The number of benzene rings is 2. The Kier molecular flexibility index (Phi) is 10.5. The molecule has 0 aliphatic carbocycles. The van der Waals surface area contributed by atoms with Gasteiger partial charge in [-0.2, -0.15) is 8.78 Å². The van der Waals surface area contributed by atoms with Crippen molar-refractivity contribution >= 4 is 45.1 Å². The number of aryl methyl sites for hydroxylation is 1. The van der Waals surface area contributed by atoms with Crippen LogP contribution in [-0.4, -0.2) is 42.5 Å². The van der Waals surface area contributed by atoms with E-state index >= 15 is 0 Å². The average molecular weight is 560 g/mol. The van der Waals surface area contributed by atoms with Gasteiger partial charge in [0, 0.05) is 29.7 Å². The van der Waals surface area contributed by atoms with E-state index < -0.39 is 16.9 Å². The van der Waals surface area contributed by atoms with E-state index in [-0.39, 0.29) is 23.8 Å². The normalized spacial score (nSPS) is 14.1. The second-order valence-electron chi connectivity index (χ2n) is 7.71. The maximum atomic E-state index is 14.2. The first-order valence-corrected chi connectivity index (χ1v) is 12.2. The second kappa shape index (κ2) is 12.7. The van der Waals surface area contributed by atoms with Gasteiger partial charge >= 0.3 is 5.97 Å². The van der Waals surface area contributed by atoms with E-state index in [1.807, 2.05) is 40.7 Å². The topological polar surface area (TPSA) is 87.9 Å². The van der Waals surface area contributed by atoms with Gasteiger partial charge < -0.3 is 23.9 Å². The standard InChI is InChI=1S/C23H29F2N2O6P3/c1-13-7-6-8-17(20(27-30-5)21(28)29-4)18(13)12-31-26-14(2)16-10-9-15(32-22(3,24)34)11-19(16)33-23(25,35)36/h6-11H,12,34-36H2,1-5H3/b26-14+,27-20+. The molecule has 0 aliphatic rings. The molecule has 0 fully saturated rings. The van der Waals surface area contributed by atoms with Gasteiger partial charge in [-0.15, -0.1) is 0 Å². The van der Waals surface area contributed by atoms with Gasteiger partial charge in [0.25, 0.3) is 10.9 Å². The minimum atomic E-state index is -2.19. The van der Waals surface area contributed by atoms with Crippen molar-refractivity contribution in [1.29, 1.82) is 0 Å². The molecule has 0 N–H and O–H groups in total. The van der Waals surface area contributed by atoms with Crippen molar-refractivity contribution in [2.24, 2.45) is 10.3 Å². The highest BCUT2D eigenvalue weighted by Crippen LogP contribution is 2.37. The molecule has 2 aromatic carbocycles. The first kappa shape index (κ1) is 29.8. The van der Waals surface area contributed by atoms with Gasteiger partial charge in [0.05, 0.1) is 12.8 Å². The number of alkyl halides is 2. The van der Waals surface area contributed by atoms with E-state index in [9.17, 15) is 13.6 Å². The molecule has 2 rings (SSSR count). The lowest BCUT2D eigenvalue weighted by Gasteiger charge is -2.22. The Hall–Kier alpha value is -2.40. The van der Waals surface area contributed by atoms with Gasteiger partial charge in [-0.25, -0.2) is 4.79 Å². The highest BCUT2D eigenvalue weighted by Gasteiger charge is 2.24. The summed E-state index contributed by atoms with van der Waals surface area (Å²) in [5.74, 6) is -0.498. The fourth-order valence-corrected chi connectivity index (χ4v) is 3.48. The van der Waals surface area contributed by atoms with Crippen LogP contribution < -0.4 is 9.47 Å². The molecule has 0 bridgehead atoms. The molecule has 4 unspecified atom stereocenters. The molecule has 0 saturated carbocycles. The number of hydrogen-bond donors (Lipinski definition) is 0. The number of nitrogens with zero attached hydrogens (tertiary/aromatic N) is 2. The van der Waals surface area contributed by atoms with Crippen LogP contribution in [0.4, 0.5) is 8.78 Å². The zero-order chi connectivity index (χ0) is 27.1. The molecule has 0 saturated heterocycles. The third-order valence-corrected chi connectivity index (χ3v) is 4.92. The number of ether oxygens (including phenoxy) is 3. The Labute approximate surface area is 215 Å². The third kappa shape index (κ3) is 8.92. The Morgan fingerprint density at radius 2 is 1.72 bits per heavy atom. The average Bonchev–Trinajstić information content (AvgIpc) is 2.76. The maximum absolute atomic E-state index is 14.2. The van der Waals surface area contributed by atoms with Crippen LogP contribution in [0.15, 0.2) is 46.7 Å². The first-order chi connectivity index (χ1) is 16.8. The molecule has 0 amide bonds. The molecular formula is C23H29F2N2O6P3. The van der Waals surface area contributed by atoms with Gasteiger partial charge in [-0.3, -0.25) is 0 Å². The summed E-state index contributed by atoms with van der Waals surface area (Å²) in [6.07, 6.45) is 0. The van der Waals surface area contributed by atoms with Crippen LogP contribution in [0, 0.1) is 6.92 Å². The number of oxime groups is 2. The summed E-state index contributed by atoms with van der Waals surface area (Å²) < 4.78 is 43.5. The van der Waals surface area contributed by atoms with E-state index in [0.29, 0.717) is 22.4 Å². The Bertz CT molecular complexity index is 1150.